The van der Waals surface area contributed by atoms with Crippen LogP contribution in [0.5, 0.6) is 0 Å². The fourth-order valence-electron chi connectivity index (χ4n) is 0.492. The lowest BCUT2D eigenvalue weighted by molar-refractivity contribution is -0.121. The number of carbonyl (C=O) groups excluding carboxylic acids is 1. The van der Waals surface area contributed by atoms with Gasteiger partial charge in [-0.25, -0.2) is 0 Å². The summed E-state index contributed by atoms with van der Waals surface area (Å²) >= 11 is 6.38. The van der Waals surface area contributed by atoms with E-state index in [9.17, 15) is 4.79 Å². The monoisotopic (exact) mass is 295 g/mol. The third-order valence-corrected chi connectivity index (χ3v) is 3.47. The maximum Gasteiger partial charge on any atom is 0.235 e. The van der Waals surface area contributed by atoms with Gasteiger partial charge in [0.15, 0.2) is 0 Å². The van der Waals surface area contributed by atoms with E-state index in [1.165, 1.54) is 0 Å². The molecule has 1 N–H and O–H groups in total. The summed E-state index contributed by atoms with van der Waals surface area (Å²) in [5.74, 6) is 2.38. The summed E-state index contributed by atoms with van der Waals surface area (Å²) in [6, 6.07) is 0. The molecule has 0 saturated carbocycles. The summed E-state index contributed by atoms with van der Waals surface area (Å²) in [6.07, 6.45) is 5.20. The number of carbonyl (C=O) groups is 1. The van der Waals surface area contributed by atoms with Gasteiger partial charge in [-0.05, 0) is 13.8 Å². The zero-order chi connectivity index (χ0) is 9.78. The van der Waals surface area contributed by atoms with Crippen molar-refractivity contribution in [2.24, 2.45) is 0 Å². The molecule has 0 saturated heterocycles. The van der Waals surface area contributed by atoms with E-state index in [0.29, 0.717) is 5.33 Å². The first-order valence-electron chi connectivity index (χ1n) is 3.43. The highest BCUT2D eigenvalue weighted by Crippen LogP contribution is 2.06. The Labute approximate surface area is 89.7 Å². The molecule has 0 aromatic carbocycles. The number of rotatable bonds is 3. The Kier molecular flexibility index (Phi) is 4.88. The van der Waals surface area contributed by atoms with Gasteiger partial charge in [0, 0.05) is 5.33 Å². The molecule has 68 valence electrons. The topological polar surface area (TPSA) is 29.1 Å². The van der Waals surface area contributed by atoms with Crippen LogP contribution in [0.15, 0.2) is 0 Å². The minimum atomic E-state index is -0.578. The van der Waals surface area contributed by atoms with Crippen molar-refractivity contribution in [2.75, 3.05) is 5.33 Å². The molecule has 0 bridgehead atoms. The normalized spacial score (nSPS) is 13.2. The molecule has 1 unspecified atom stereocenters. The Balaban J connectivity index is 4.12. The van der Waals surface area contributed by atoms with Crippen molar-refractivity contribution in [3.63, 3.8) is 0 Å². The smallest absolute Gasteiger partial charge is 0.235 e. The molecule has 1 amide bonds. The first-order valence-corrected chi connectivity index (χ1v) is 5.46. The van der Waals surface area contributed by atoms with Gasteiger partial charge in [0.1, 0.15) is 4.83 Å². The van der Waals surface area contributed by atoms with Crippen molar-refractivity contribution in [1.29, 1.82) is 0 Å². The van der Waals surface area contributed by atoms with Gasteiger partial charge in [0.2, 0.25) is 5.91 Å². The first kappa shape index (κ1) is 12.0. The minimum Gasteiger partial charge on any atom is -0.339 e. The summed E-state index contributed by atoms with van der Waals surface area (Å²) in [5, 5.41) is 3.27. The molecule has 0 radical (unpaired) electrons. The Morgan fingerprint density at radius 2 is 2.25 bits per heavy atom. The Bertz CT molecular complexity index is 208. The average Bonchev–Trinajstić information content (AvgIpc) is 2.02. The van der Waals surface area contributed by atoms with Crippen LogP contribution in [0.25, 0.3) is 0 Å². The highest BCUT2D eigenvalue weighted by Gasteiger charge is 2.21. The van der Waals surface area contributed by atoms with E-state index in [4.69, 9.17) is 6.42 Å². The number of terminal acetylenes is 1. The molecule has 2 nitrogen and oxygen atoms in total. The van der Waals surface area contributed by atoms with Crippen molar-refractivity contribution >= 4 is 37.8 Å². The second-order valence-electron chi connectivity index (χ2n) is 2.88. The van der Waals surface area contributed by atoms with Crippen LogP contribution in [-0.4, -0.2) is 21.6 Å². The molecule has 0 aromatic heterocycles. The predicted molar refractivity (Wildman–Crippen MR) is 57.6 cm³/mol. The Morgan fingerprint density at radius 3 is 2.58 bits per heavy atom. The molecule has 0 aliphatic rings. The van der Waals surface area contributed by atoms with Gasteiger partial charge in [-0.3, -0.25) is 4.79 Å². The van der Waals surface area contributed by atoms with Crippen LogP contribution in [0.4, 0.5) is 0 Å². The van der Waals surface area contributed by atoms with Crippen LogP contribution in [0.3, 0.4) is 0 Å². The lowest BCUT2D eigenvalue weighted by Crippen LogP contribution is -2.45. The Hall–Kier alpha value is -0.0100. The number of alkyl halides is 2. The van der Waals surface area contributed by atoms with E-state index in [1.54, 1.807) is 13.8 Å². The number of hydrogen-bond donors (Lipinski definition) is 1. The maximum atomic E-state index is 11.3. The van der Waals surface area contributed by atoms with E-state index >= 15 is 0 Å². The standard InChI is InChI=1S/C8H11Br2NO/c1-4-8(2,3)11-7(12)6(10)5-9/h1,6H,5H2,2-3H3,(H,11,12). The molecular formula is C8H11Br2NO. The Morgan fingerprint density at radius 1 is 1.75 bits per heavy atom. The summed E-state index contributed by atoms with van der Waals surface area (Å²) in [7, 11) is 0. The van der Waals surface area contributed by atoms with Crippen molar-refractivity contribution in [1.82, 2.24) is 5.32 Å². The summed E-state index contributed by atoms with van der Waals surface area (Å²) in [4.78, 5) is 11.0. The molecule has 12 heavy (non-hydrogen) atoms. The van der Waals surface area contributed by atoms with E-state index in [-0.39, 0.29) is 10.7 Å². The van der Waals surface area contributed by atoms with Gasteiger partial charge >= 0.3 is 0 Å². The number of hydrogen-bond acceptors (Lipinski definition) is 1. The molecular weight excluding hydrogens is 286 g/mol. The van der Waals surface area contributed by atoms with Crippen molar-refractivity contribution in [3.8, 4) is 12.3 Å². The predicted octanol–water partition coefficient (Wildman–Crippen LogP) is 1.67. The van der Waals surface area contributed by atoms with Gasteiger partial charge < -0.3 is 5.32 Å². The molecule has 1 atom stereocenters. The zero-order valence-corrected chi connectivity index (χ0v) is 10.2. The third-order valence-electron chi connectivity index (χ3n) is 1.22. The lowest BCUT2D eigenvalue weighted by Gasteiger charge is -2.20. The second-order valence-corrected chi connectivity index (χ2v) is 4.63. The molecule has 0 heterocycles. The van der Waals surface area contributed by atoms with Crippen LogP contribution in [0, 0.1) is 12.3 Å². The fraction of sp³-hybridized carbons (Fsp3) is 0.625. The molecule has 0 rings (SSSR count). The number of halogens is 2. The molecule has 0 aromatic rings. The van der Waals surface area contributed by atoms with Gasteiger partial charge in [-0.15, -0.1) is 6.42 Å². The van der Waals surface area contributed by atoms with Gasteiger partial charge in [0.25, 0.3) is 0 Å². The molecule has 4 heteroatoms. The largest absolute Gasteiger partial charge is 0.339 e. The first-order chi connectivity index (χ1) is 5.43. The summed E-state index contributed by atoms with van der Waals surface area (Å²) < 4.78 is 0. The van der Waals surface area contributed by atoms with Crippen LogP contribution in [0.1, 0.15) is 13.8 Å². The summed E-state index contributed by atoms with van der Waals surface area (Å²) in [6.45, 7) is 3.55. The van der Waals surface area contributed by atoms with E-state index in [2.05, 4.69) is 43.1 Å². The molecule has 0 aliphatic carbocycles. The zero-order valence-electron chi connectivity index (χ0n) is 7.03. The minimum absolute atomic E-state index is 0.102. The molecule has 0 aliphatic heterocycles. The van der Waals surface area contributed by atoms with Gasteiger partial charge in [-0.2, -0.15) is 0 Å². The number of nitrogens with one attached hydrogen (secondary N) is 1. The average molecular weight is 297 g/mol. The fourth-order valence-corrected chi connectivity index (χ4v) is 0.901. The lowest BCUT2D eigenvalue weighted by atomic mass is 10.1. The van der Waals surface area contributed by atoms with Crippen molar-refractivity contribution < 1.29 is 4.79 Å². The SMILES string of the molecule is C#CC(C)(C)NC(=O)C(Br)CBr. The molecule has 0 spiro atoms. The maximum absolute atomic E-state index is 11.3. The van der Waals surface area contributed by atoms with E-state index < -0.39 is 5.54 Å². The highest BCUT2D eigenvalue weighted by atomic mass is 79.9. The van der Waals surface area contributed by atoms with Crippen LogP contribution >= 0.6 is 31.9 Å². The van der Waals surface area contributed by atoms with Crippen LogP contribution in [-0.2, 0) is 4.79 Å². The molecule has 0 fully saturated rings. The van der Waals surface area contributed by atoms with Gasteiger partial charge in [0.05, 0.1) is 5.54 Å². The quantitative estimate of drug-likeness (QED) is 0.623. The van der Waals surface area contributed by atoms with Crippen LogP contribution in [0.2, 0.25) is 0 Å². The van der Waals surface area contributed by atoms with Crippen molar-refractivity contribution in [2.45, 2.75) is 24.2 Å². The van der Waals surface area contributed by atoms with Crippen molar-refractivity contribution in [3.05, 3.63) is 0 Å². The summed E-state index contributed by atoms with van der Waals surface area (Å²) in [5.41, 5.74) is -0.578. The van der Waals surface area contributed by atoms with Gasteiger partial charge in [-0.1, -0.05) is 37.8 Å². The second kappa shape index (κ2) is 4.88. The number of amides is 1. The van der Waals surface area contributed by atoms with E-state index in [1.807, 2.05) is 0 Å². The highest BCUT2D eigenvalue weighted by molar-refractivity contribution is 9.12. The third kappa shape index (κ3) is 4.13. The van der Waals surface area contributed by atoms with Crippen LogP contribution < -0.4 is 5.32 Å². The van der Waals surface area contributed by atoms with E-state index in [0.717, 1.165) is 0 Å².